The van der Waals surface area contributed by atoms with Gasteiger partial charge in [-0.05, 0) is 30.5 Å². The molecule has 1 aromatic carbocycles. The van der Waals surface area contributed by atoms with Crippen molar-refractivity contribution >= 4 is 5.91 Å². The third-order valence-electron chi connectivity index (χ3n) is 4.08. The smallest absolute Gasteiger partial charge is 0.381 e. The first-order valence-corrected chi connectivity index (χ1v) is 7.10. The molecule has 0 aromatic heterocycles. The molecule has 0 saturated carbocycles. The van der Waals surface area contributed by atoms with E-state index in [4.69, 9.17) is 9.47 Å². The van der Waals surface area contributed by atoms with Crippen LogP contribution in [0, 0.1) is 0 Å². The molecule has 4 nitrogen and oxygen atoms in total. The first-order valence-electron chi connectivity index (χ1n) is 7.10. The van der Waals surface area contributed by atoms with Gasteiger partial charge in [-0.2, -0.15) is 13.2 Å². The van der Waals surface area contributed by atoms with Crippen molar-refractivity contribution in [2.24, 2.45) is 0 Å². The molecule has 2 aliphatic heterocycles. The van der Waals surface area contributed by atoms with E-state index in [1.165, 1.54) is 6.07 Å². The van der Waals surface area contributed by atoms with Crippen LogP contribution in [0.4, 0.5) is 13.2 Å². The highest BCUT2D eigenvalue weighted by atomic mass is 19.4. The Hall–Kier alpha value is -1.60. The Morgan fingerprint density at radius 3 is 2.55 bits per heavy atom. The van der Waals surface area contributed by atoms with Crippen molar-refractivity contribution in [2.45, 2.75) is 30.7 Å². The molecule has 2 aliphatic rings. The van der Waals surface area contributed by atoms with Gasteiger partial charge in [0.05, 0.1) is 17.7 Å². The molecule has 1 atom stereocenters. The third kappa shape index (κ3) is 3.10. The van der Waals surface area contributed by atoms with Crippen molar-refractivity contribution in [3.05, 3.63) is 35.4 Å². The number of alkyl halides is 3. The van der Waals surface area contributed by atoms with Gasteiger partial charge >= 0.3 is 6.18 Å². The second kappa shape index (κ2) is 5.55. The Morgan fingerprint density at radius 2 is 1.95 bits per heavy atom. The molecule has 1 aromatic rings. The molecule has 0 spiro atoms. The molecular weight excluding hydrogens is 299 g/mol. The zero-order valence-corrected chi connectivity index (χ0v) is 11.8. The molecule has 1 N–H and O–H groups in total. The van der Waals surface area contributed by atoms with Gasteiger partial charge in [-0.1, -0.05) is 12.1 Å². The van der Waals surface area contributed by atoms with E-state index in [0.717, 1.165) is 12.1 Å². The number of halogens is 3. The van der Waals surface area contributed by atoms with E-state index in [9.17, 15) is 18.0 Å². The molecule has 3 rings (SSSR count). The number of hydrogen-bond donors (Lipinski definition) is 1. The van der Waals surface area contributed by atoms with Crippen molar-refractivity contribution in [1.29, 1.82) is 0 Å². The second-order valence-electron chi connectivity index (χ2n) is 5.58. The average Bonchev–Trinajstić information content (AvgIpc) is 3.32. The number of epoxide rings is 1. The minimum absolute atomic E-state index is 0.278. The molecule has 2 saturated heterocycles. The molecule has 0 bridgehead atoms. The number of rotatable bonds is 3. The zero-order valence-electron chi connectivity index (χ0n) is 11.8. The van der Waals surface area contributed by atoms with Crippen LogP contribution in [0.25, 0.3) is 0 Å². The molecule has 120 valence electrons. The van der Waals surface area contributed by atoms with Crippen LogP contribution >= 0.6 is 0 Å². The third-order valence-corrected chi connectivity index (χ3v) is 4.08. The summed E-state index contributed by atoms with van der Waals surface area (Å²) in [5, 5.41) is 2.88. The van der Waals surface area contributed by atoms with Gasteiger partial charge in [-0.3, -0.25) is 4.79 Å². The van der Waals surface area contributed by atoms with Crippen LogP contribution in [0.5, 0.6) is 0 Å². The fourth-order valence-corrected chi connectivity index (χ4v) is 2.71. The topological polar surface area (TPSA) is 50.9 Å². The Morgan fingerprint density at radius 1 is 1.27 bits per heavy atom. The SMILES string of the molecule is O=C(NC1(c2cccc(C(F)(F)F)c2)CCOCC1)C1CO1. The molecule has 2 fully saturated rings. The quantitative estimate of drug-likeness (QED) is 0.870. The van der Waals surface area contributed by atoms with Crippen LogP contribution in [0.15, 0.2) is 24.3 Å². The van der Waals surface area contributed by atoms with E-state index < -0.39 is 23.4 Å². The summed E-state index contributed by atoms with van der Waals surface area (Å²) in [7, 11) is 0. The second-order valence-corrected chi connectivity index (χ2v) is 5.58. The molecule has 1 amide bonds. The van der Waals surface area contributed by atoms with Gasteiger partial charge in [0, 0.05) is 13.2 Å². The molecular formula is C15H16F3NO3. The van der Waals surface area contributed by atoms with E-state index in [0.29, 0.717) is 38.2 Å². The number of amides is 1. The van der Waals surface area contributed by atoms with Crippen LogP contribution in [0.1, 0.15) is 24.0 Å². The van der Waals surface area contributed by atoms with E-state index in [2.05, 4.69) is 5.32 Å². The van der Waals surface area contributed by atoms with Crippen molar-refractivity contribution in [2.75, 3.05) is 19.8 Å². The number of ether oxygens (including phenoxy) is 2. The number of benzene rings is 1. The summed E-state index contributed by atoms with van der Waals surface area (Å²) in [5.41, 5.74) is -1.09. The lowest BCUT2D eigenvalue weighted by Crippen LogP contribution is -2.50. The van der Waals surface area contributed by atoms with Crippen molar-refractivity contribution < 1.29 is 27.4 Å². The summed E-state index contributed by atoms with van der Waals surface area (Å²) in [6.07, 6.45) is -4.02. The Labute approximate surface area is 125 Å². The molecule has 1 unspecified atom stereocenters. The highest BCUT2D eigenvalue weighted by Crippen LogP contribution is 2.36. The molecule has 7 heteroatoms. The van der Waals surface area contributed by atoms with Crippen LogP contribution in [0.2, 0.25) is 0 Å². The lowest BCUT2D eigenvalue weighted by Gasteiger charge is -2.38. The van der Waals surface area contributed by atoms with Gasteiger partial charge in [-0.25, -0.2) is 0 Å². The standard InChI is InChI=1S/C15H16F3NO3/c16-15(17,18)11-3-1-2-10(8-11)14(4-6-21-7-5-14)19-13(20)12-9-22-12/h1-3,8,12H,4-7,9H2,(H,19,20). The molecule has 2 heterocycles. The number of carbonyl (C=O) groups is 1. The van der Waals surface area contributed by atoms with Crippen molar-refractivity contribution in [3.8, 4) is 0 Å². The van der Waals surface area contributed by atoms with Crippen LogP contribution in [-0.2, 0) is 26.0 Å². The van der Waals surface area contributed by atoms with Gasteiger partial charge in [0.2, 0.25) is 0 Å². The Balaban J connectivity index is 1.92. The molecule has 0 aliphatic carbocycles. The largest absolute Gasteiger partial charge is 0.416 e. The summed E-state index contributed by atoms with van der Waals surface area (Å²) >= 11 is 0. The predicted octanol–water partition coefficient (Wildman–Crippen LogP) is 2.23. The lowest BCUT2D eigenvalue weighted by atomic mass is 9.81. The first kappa shape index (κ1) is 15.3. The minimum Gasteiger partial charge on any atom is -0.381 e. The highest BCUT2D eigenvalue weighted by molar-refractivity contribution is 5.83. The number of nitrogens with one attached hydrogen (secondary N) is 1. The normalized spacial score (nSPS) is 23.9. The van der Waals surface area contributed by atoms with Gasteiger partial charge in [0.25, 0.3) is 5.91 Å². The van der Waals surface area contributed by atoms with Crippen LogP contribution in [0.3, 0.4) is 0 Å². The predicted molar refractivity (Wildman–Crippen MR) is 71.1 cm³/mol. The van der Waals surface area contributed by atoms with Gasteiger partial charge in [-0.15, -0.1) is 0 Å². The fourth-order valence-electron chi connectivity index (χ4n) is 2.71. The maximum absolute atomic E-state index is 12.9. The van der Waals surface area contributed by atoms with E-state index in [-0.39, 0.29) is 5.91 Å². The lowest BCUT2D eigenvalue weighted by molar-refractivity contribution is -0.137. The first-order chi connectivity index (χ1) is 10.4. The Bertz CT molecular complexity index is 563. The van der Waals surface area contributed by atoms with E-state index in [1.54, 1.807) is 6.07 Å². The summed E-state index contributed by atoms with van der Waals surface area (Å²) in [6, 6.07) is 5.13. The van der Waals surface area contributed by atoms with Gasteiger partial charge in [0.15, 0.2) is 6.10 Å². The maximum atomic E-state index is 12.9. The fraction of sp³-hybridized carbons (Fsp3) is 0.533. The van der Waals surface area contributed by atoms with E-state index >= 15 is 0 Å². The van der Waals surface area contributed by atoms with E-state index in [1.807, 2.05) is 0 Å². The zero-order chi connectivity index (χ0) is 15.8. The van der Waals surface area contributed by atoms with Crippen molar-refractivity contribution in [1.82, 2.24) is 5.32 Å². The molecule has 0 radical (unpaired) electrons. The van der Waals surface area contributed by atoms with Crippen LogP contribution in [-0.4, -0.2) is 31.8 Å². The van der Waals surface area contributed by atoms with Crippen molar-refractivity contribution in [3.63, 3.8) is 0 Å². The summed E-state index contributed by atoms with van der Waals surface area (Å²) in [5.74, 6) is -0.278. The summed E-state index contributed by atoms with van der Waals surface area (Å²) in [6.45, 7) is 1.14. The average molecular weight is 315 g/mol. The Kier molecular flexibility index (Phi) is 3.86. The van der Waals surface area contributed by atoms with Gasteiger partial charge in [0.1, 0.15) is 0 Å². The summed E-state index contributed by atoms with van der Waals surface area (Å²) < 4.78 is 49.0. The summed E-state index contributed by atoms with van der Waals surface area (Å²) in [4.78, 5) is 12.0. The monoisotopic (exact) mass is 315 g/mol. The minimum atomic E-state index is -4.41. The van der Waals surface area contributed by atoms with Crippen LogP contribution < -0.4 is 5.32 Å². The van der Waals surface area contributed by atoms with Gasteiger partial charge < -0.3 is 14.8 Å². The maximum Gasteiger partial charge on any atom is 0.416 e. The number of hydrogen-bond acceptors (Lipinski definition) is 3. The highest BCUT2D eigenvalue weighted by Gasteiger charge is 2.42. The number of carbonyl (C=O) groups excluding carboxylic acids is 1. The molecule has 22 heavy (non-hydrogen) atoms.